The molecule has 13 heteroatoms. The average molecular weight is 537 g/mol. The maximum absolute atomic E-state index is 13.1. The minimum absolute atomic E-state index is 0.271. The molecule has 1 saturated carbocycles. The maximum Gasteiger partial charge on any atom is 0.244 e. The lowest BCUT2D eigenvalue weighted by Gasteiger charge is -2.32. The van der Waals surface area contributed by atoms with Gasteiger partial charge in [0.15, 0.2) is 0 Å². The molecule has 0 radical (unpaired) electrons. The summed E-state index contributed by atoms with van der Waals surface area (Å²) in [6, 6.07) is -3.89. The van der Waals surface area contributed by atoms with Gasteiger partial charge in [0.1, 0.15) is 18.1 Å². The van der Waals surface area contributed by atoms with Crippen LogP contribution in [0.2, 0.25) is 0 Å². The number of unbranched alkanes of at least 4 members (excludes halogenated alkanes) is 1. The summed E-state index contributed by atoms with van der Waals surface area (Å²) in [6.07, 6.45) is 8.17. The Morgan fingerprint density at radius 3 is 1.92 bits per heavy atom. The Balaban J connectivity index is 3.00. The molecule has 1 aliphatic rings. The lowest BCUT2D eigenvalue weighted by atomic mass is 9.82. The first kappa shape index (κ1) is 32.3. The highest BCUT2D eigenvalue weighted by molar-refractivity contribution is 5.98. The van der Waals surface area contributed by atoms with E-state index in [-0.39, 0.29) is 5.92 Å². The fourth-order valence-corrected chi connectivity index (χ4v) is 4.04. The van der Waals surface area contributed by atoms with Crippen LogP contribution in [-0.2, 0) is 28.8 Å². The summed E-state index contributed by atoms with van der Waals surface area (Å²) >= 11 is 0. The number of carbonyl (C=O) groups excluding carboxylic acids is 6. The maximum atomic E-state index is 13.1. The van der Waals surface area contributed by atoms with Gasteiger partial charge in [-0.3, -0.25) is 28.8 Å². The molecular formula is C25H40N6O7. The number of hydrogen-bond acceptors (Lipinski definition) is 7. The van der Waals surface area contributed by atoms with Crippen LogP contribution in [0, 0.1) is 5.92 Å². The van der Waals surface area contributed by atoms with Crippen molar-refractivity contribution in [3.63, 3.8) is 0 Å². The molecule has 0 aromatic rings. The second kappa shape index (κ2) is 16.9. The van der Waals surface area contributed by atoms with Gasteiger partial charge in [0.2, 0.25) is 35.4 Å². The Kier molecular flexibility index (Phi) is 14.4. The number of primary amides is 2. The number of rotatable bonds is 15. The van der Waals surface area contributed by atoms with Crippen LogP contribution in [0.5, 0.6) is 0 Å². The third-order valence-corrected chi connectivity index (χ3v) is 6.07. The Bertz CT molecular complexity index is 912. The van der Waals surface area contributed by atoms with Gasteiger partial charge in [-0.2, -0.15) is 0 Å². The summed E-state index contributed by atoms with van der Waals surface area (Å²) < 4.78 is 0. The molecule has 3 atom stereocenters. The van der Waals surface area contributed by atoms with E-state index in [2.05, 4.69) is 21.3 Å². The first-order valence-corrected chi connectivity index (χ1v) is 12.7. The molecule has 1 aliphatic carbocycles. The van der Waals surface area contributed by atoms with Gasteiger partial charge in [0, 0.05) is 13.1 Å². The third kappa shape index (κ3) is 12.0. The van der Waals surface area contributed by atoms with Crippen LogP contribution in [0.25, 0.3) is 0 Å². The first-order valence-electron chi connectivity index (χ1n) is 12.7. The number of allylic oxidation sites excluding steroid dienone is 3. The highest BCUT2D eigenvalue weighted by atomic mass is 16.3. The molecule has 0 bridgehead atoms. The molecule has 38 heavy (non-hydrogen) atoms. The van der Waals surface area contributed by atoms with E-state index in [1.807, 2.05) is 13.0 Å². The molecule has 1 fully saturated rings. The number of nitrogens with two attached hydrogens (primary N) is 2. The summed E-state index contributed by atoms with van der Waals surface area (Å²) in [5, 5.41) is 19.5. The largest absolute Gasteiger partial charge is 0.393 e. The summed E-state index contributed by atoms with van der Waals surface area (Å²) in [5.74, 6) is -4.99. The van der Waals surface area contributed by atoms with Crippen molar-refractivity contribution >= 4 is 35.4 Å². The van der Waals surface area contributed by atoms with Gasteiger partial charge in [0.05, 0.1) is 18.9 Å². The molecule has 3 unspecified atom stereocenters. The van der Waals surface area contributed by atoms with Gasteiger partial charge in [-0.05, 0) is 38.0 Å². The number of carbonyl (C=O) groups is 6. The van der Waals surface area contributed by atoms with Gasteiger partial charge >= 0.3 is 0 Å². The quantitative estimate of drug-likeness (QED) is 0.0958. The number of aliphatic hydroxyl groups excluding tert-OH is 1. The van der Waals surface area contributed by atoms with Gasteiger partial charge < -0.3 is 37.8 Å². The molecule has 6 amide bonds. The standard InChI is InChI=1S/C25H40N6O7/c1-3-4-5-6-7-8-21(35)29-17(13-19(26)33)23(36)30-18(14-20(27)34)24(37)31-22(25(38)28-2)15-9-11-16(32)12-10-15/h5-8,15-18,22,32H,3-4,9-14H2,1-2H3,(H2,26,33)(H2,27,34)(H,28,38)(H,29,35)(H,30,36)(H,31,37)/b6-5+,8-7+. The van der Waals surface area contributed by atoms with E-state index in [4.69, 9.17) is 11.5 Å². The second-order valence-corrected chi connectivity index (χ2v) is 9.21. The van der Waals surface area contributed by atoms with Crippen LogP contribution in [0.1, 0.15) is 58.3 Å². The Hall–Kier alpha value is -3.74. The van der Waals surface area contributed by atoms with Crippen molar-refractivity contribution in [2.45, 2.75) is 82.5 Å². The zero-order valence-electron chi connectivity index (χ0n) is 21.9. The van der Waals surface area contributed by atoms with Crippen LogP contribution in [0.3, 0.4) is 0 Å². The van der Waals surface area contributed by atoms with Crippen LogP contribution in [0.4, 0.5) is 0 Å². The topological polar surface area (TPSA) is 223 Å². The van der Waals surface area contributed by atoms with Crippen molar-refractivity contribution in [2.75, 3.05) is 7.05 Å². The average Bonchev–Trinajstić information content (AvgIpc) is 2.85. The molecule has 212 valence electrons. The van der Waals surface area contributed by atoms with Crippen molar-refractivity contribution in [3.05, 3.63) is 24.3 Å². The van der Waals surface area contributed by atoms with Crippen molar-refractivity contribution in [3.8, 4) is 0 Å². The number of likely N-dealkylation sites (N-methyl/N-ethyl adjacent to an activating group) is 1. The summed E-state index contributed by atoms with van der Waals surface area (Å²) in [4.78, 5) is 73.9. The molecule has 0 heterocycles. The van der Waals surface area contributed by atoms with Crippen molar-refractivity contribution in [2.24, 2.45) is 17.4 Å². The lowest BCUT2D eigenvalue weighted by Crippen LogP contribution is -2.59. The summed E-state index contributed by atoms with van der Waals surface area (Å²) in [6.45, 7) is 2.00. The van der Waals surface area contributed by atoms with Gasteiger partial charge in [-0.25, -0.2) is 0 Å². The van der Waals surface area contributed by atoms with E-state index in [0.29, 0.717) is 25.7 Å². The highest BCUT2D eigenvalue weighted by Gasteiger charge is 2.35. The Morgan fingerprint density at radius 1 is 0.842 bits per heavy atom. The number of amides is 6. The molecule has 0 aromatic carbocycles. The van der Waals surface area contributed by atoms with Gasteiger partial charge in [-0.15, -0.1) is 0 Å². The monoisotopic (exact) mass is 536 g/mol. The Labute approximate surface area is 222 Å². The third-order valence-electron chi connectivity index (χ3n) is 6.07. The molecule has 9 N–H and O–H groups in total. The van der Waals surface area contributed by atoms with E-state index in [9.17, 15) is 33.9 Å². The molecular weight excluding hydrogens is 496 g/mol. The van der Waals surface area contributed by atoms with Crippen LogP contribution < -0.4 is 32.7 Å². The van der Waals surface area contributed by atoms with E-state index >= 15 is 0 Å². The Morgan fingerprint density at radius 2 is 1.39 bits per heavy atom. The number of hydrogen-bond donors (Lipinski definition) is 7. The predicted molar refractivity (Wildman–Crippen MR) is 139 cm³/mol. The van der Waals surface area contributed by atoms with Gasteiger partial charge in [-0.1, -0.05) is 31.6 Å². The lowest BCUT2D eigenvalue weighted by molar-refractivity contribution is -0.136. The van der Waals surface area contributed by atoms with E-state index in [1.54, 1.807) is 6.08 Å². The van der Waals surface area contributed by atoms with Crippen molar-refractivity contribution < 1.29 is 33.9 Å². The normalized spacial score (nSPS) is 19.8. The summed E-state index contributed by atoms with van der Waals surface area (Å²) in [7, 11) is 1.41. The SMILES string of the molecule is CCC/C=C/C=C/C(=O)NC(CC(N)=O)C(=O)NC(CC(N)=O)C(=O)NC(C(=O)NC)C1CCC(O)CC1. The van der Waals surface area contributed by atoms with Crippen LogP contribution in [0.15, 0.2) is 24.3 Å². The molecule has 13 nitrogen and oxygen atoms in total. The summed E-state index contributed by atoms with van der Waals surface area (Å²) in [5.41, 5.74) is 10.5. The van der Waals surface area contributed by atoms with E-state index in [1.165, 1.54) is 13.1 Å². The van der Waals surface area contributed by atoms with Crippen molar-refractivity contribution in [1.29, 1.82) is 0 Å². The first-order chi connectivity index (χ1) is 18.0. The molecule has 0 saturated heterocycles. The van der Waals surface area contributed by atoms with Crippen LogP contribution in [-0.4, -0.2) is 71.8 Å². The van der Waals surface area contributed by atoms with Gasteiger partial charge in [0.25, 0.3) is 0 Å². The number of aliphatic hydroxyl groups is 1. The minimum Gasteiger partial charge on any atom is -0.393 e. The van der Waals surface area contributed by atoms with Crippen molar-refractivity contribution in [1.82, 2.24) is 21.3 Å². The number of nitrogens with one attached hydrogen (secondary N) is 4. The molecule has 0 spiro atoms. The van der Waals surface area contributed by atoms with Crippen LogP contribution >= 0.6 is 0 Å². The smallest absolute Gasteiger partial charge is 0.244 e. The second-order valence-electron chi connectivity index (χ2n) is 9.21. The molecule has 0 aliphatic heterocycles. The fourth-order valence-electron chi connectivity index (χ4n) is 4.04. The van der Waals surface area contributed by atoms with E-state index < -0.39 is 72.5 Å². The minimum atomic E-state index is -1.49. The van der Waals surface area contributed by atoms with E-state index in [0.717, 1.165) is 18.9 Å². The molecule has 0 aromatic heterocycles. The fraction of sp³-hybridized carbons (Fsp3) is 0.600. The molecule has 1 rings (SSSR count). The zero-order valence-corrected chi connectivity index (χ0v) is 21.9. The predicted octanol–water partition coefficient (Wildman–Crippen LogP) is -1.60. The zero-order chi connectivity index (χ0) is 28.7. The highest BCUT2D eigenvalue weighted by Crippen LogP contribution is 2.27.